The van der Waals surface area contributed by atoms with Crippen LogP contribution in [0.1, 0.15) is 10.5 Å². The van der Waals surface area contributed by atoms with Crippen LogP contribution in [0, 0.1) is 11.8 Å². The number of para-hydroxylation sites is 1. The zero-order valence-corrected chi connectivity index (χ0v) is 16.0. The molecule has 0 bridgehead atoms. The third-order valence-electron chi connectivity index (χ3n) is 4.09. The van der Waals surface area contributed by atoms with Crippen LogP contribution in [0.3, 0.4) is 0 Å². The van der Waals surface area contributed by atoms with E-state index in [0.717, 1.165) is 5.56 Å². The molecule has 2 N–H and O–H groups in total. The summed E-state index contributed by atoms with van der Waals surface area (Å²) in [5, 5.41) is 10.1. The Hall–Kier alpha value is -3.63. The van der Waals surface area contributed by atoms with Crippen molar-refractivity contribution in [2.24, 2.45) is 0 Å². The second-order valence-corrected chi connectivity index (χ2v) is 6.40. The summed E-state index contributed by atoms with van der Waals surface area (Å²) < 4.78 is 16.1. The summed E-state index contributed by atoms with van der Waals surface area (Å²) in [7, 11) is 0. The van der Waals surface area contributed by atoms with Gasteiger partial charge in [0, 0.05) is 5.56 Å². The Balaban J connectivity index is 1.28. The van der Waals surface area contributed by atoms with E-state index in [0.29, 0.717) is 33.7 Å². The smallest absolute Gasteiger partial charge is 0.270 e. The molecular formula is C21H16ClN3O4. The Morgan fingerprint density at radius 3 is 2.93 bits per heavy atom. The lowest BCUT2D eigenvalue weighted by Gasteiger charge is -2.03. The van der Waals surface area contributed by atoms with Gasteiger partial charge in [0.15, 0.2) is 11.5 Å². The summed E-state index contributed by atoms with van der Waals surface area (Å²) in [5.74, 6) is 7.28. The molecule has 29 heavy (non-hydrogen) atoms. The van der Waals surface area contributed by atoms with Crippen molar-refractivity contribution in [2.45, 2.75) is 0 Å². The standard InChI is InChI=1S/C21H16ClN3O4/c22-15-5-1-2-6-18(15)27-10-4-3-9-23-21(26)17-12-16(24-25-17)14-7-8-19-20(11-14)29-13-28-19/h1-2,5-8,11-12H,9-10,13H2,(H,23,26)(H,24,25). The van der Waals surface area contributed by atoms with E-state index in [-0.39, 0.29) is 25.9 Å². The number of H-pyrrole nitrogens is 1. The topological polar surface area (TPSA) is 85.5 Å². The number of hydrogen-bond acceptors (Lipinski definition) is 5. The van der Waals surface area contributed by atoms with Gasteiger partial charge in [-0.15, -0.1) is 0 Å². The van der Waals surface area contributed by atoms with Gasteiger partial charge in [0.25, 0.3) is 5.91 Å². The number of benzene rings is 2. The number of ether oxygens (including phenoxy) is 3. The minimum absolute atomic E-state index is 0.178. The van der Waals surface area contributed by atoms with Crippen molar-refractivity contribution in [3.63, 3.8) is 0 Å². The molecule has 1 amide bonds. The maximum Gasteiger partial charge on any atom is 0.270 e. The van der Waals surface area contributed by atoms with Gasteiger partial charge in [-0.1, -0.05) is 35.6 Å². The molecule has 1 aliphatic heterocycles. The van der Waals surface area contributed by atoms with Crippen LogP contribution < -0.4 is 19.5 Å². The maximum atomic E-state index is 12.2. The third-order valence-corrected chi connectivity index (χ3v) is 4.40. The number of carbonyl (C=O) groups is 1. The molecule has 0 atom stereocenters. The molecule has 2 aromatic carbocycles. The van der Waals surface area contributed by atoms with Crippen LogP contribution in [0.2, 0.25) is 5.02 Å². The van der Waals surface area contributed by atoms with Gasteiger partial charge in [-0.05, 0) is 36.4 Å². The van der Waals surface area contributed by atoms with Crippen LogP contribution >= 0.6 is 11.6 Å². The fraction of sp³-hybridized carbons (Fsp3) is 0.143. The fourth-order valence-electron chi connectivity index (χ4n) is 2.65. The molecule has 4 rings (SSSR count). The summed E-state index contributed by atoms with van der Waals surface area (Å²) >= 11 is 5.99. The average molecular weight is 410 g/mol. The predicted molar refractivity (Wildman–Crippen MR) is 107 cm³/mol. The minimum atomic E-state index is -0.300. The second kappa shape index (κ2) is 8.59. The maximum absolute atomic E-state index is 12.2. The third kappa shape index (κ3) is 4.45. The molecular weight excluding hydrogens is 394 g/mol. The van der Waals surface area contributed by atoms with E-state index < -0.39 is 0 Å². The number of hydrogen-bond donors (Lipinski definition) is 2. The predicted octanol–water partition coefficient (Wildman–Crippen LogP) is 3.27. The van der Waals surface area contributed by atoms with Crippen LogP contribution in [0.4, 0.5) is 0 Å². The van der Waals surface area contributed by atoms with Gasteiger partial charge in [0.2, 0.25) is 6.79 Å². The van der Waals surface area contributed by atoms with Crippen molar-refractivity contribution < 1.29 is 19.0 Å². The van der Waals surface area contributed by atoms with Crippen molar-refractivity contribution in [3.8, 4) is 40.3 Å². The summed E-state index contributed by atoms with van der Waals surface area (Å²) in [4.78, 5) is 12.2. The van der Waals surface area contributed by atoms with E-state index in [9.17, 15) is 4.79 Å². The lowest BCUT2D eigenvalue weighted by atomic mass is 10.1. The minimum Gasteiger partial charge on any atom is -0.479 e. The number of carbonyl (C=O) groups excluding carboxylic acids is 1. The Morgan fingerprint density at radius 2 is 2.03 bits per heavy atom. The number of fused-ring (bicyclic) bond motifs is 1. The van der Waals surface area contributed by atoms with Crippen LogP contribution in [-0.4, -0.2) is 36.0 Å². The normalized spacial score (nSPS) is 11.5. The van der Waals surface area contributed by atoms with Gasteiger partial charge in [-0.2, -0.15) is 5.10 Å². The Labute approximate surface area is 171 Å². The van der Waals surface area contributed by atoms with Gasteiger partial charge in [-0.25, -0.2) is 0 Å². The molecule has 0 saturated heterocycles. The highest BCUT2D eigenvalue weighted by Gasteiger charge is 2.16. The van der Waals surface area contributed by atoms with Gasteiger partial charge >= 0.3 is 0 Å². The zero-order chi connectivity index (χ0) is 20.1. The van der Waals surface area contributed by atoms with E-state index in [1.54, 1.807) is 18.2 Å². The molecule has 146 valence electrons. The molecule has 1 aliphatic rings. The van der Waals surface area contributed by atoms with Crippen LogP contribution in [0.5, 0.6) is 17.2 Å². The summed E-state index contributed by atoms with van der Waals surface area (Å²) in [5.41, 5.74) is 1.79. The molecule has 7 nitrogen and oxygen atoms in total. The Kier molecular flexibility index (Phi) is 5.54. The quantitative estimate of drug-likeness (QED) is 0.632. The Morgan fingerprint density at radius 1 is 1.17 bits per heavy atom. The zero-order valence-electron chi connectivity index (χ0n) is 15.2. The molecule has 0 unspecified atom stereocenters. The van der Waals surface area contributed by atoms with Crippen LogP contribution in [0.25, 0.3) is 11.3 Å². The first-order valence-electron chi connectivity index (χ1n) is 8.77. The molecule has 8 heteroatoms. The fourth-order valence-corrected chi connectivity index (χ4v) is 2.84. The number of aromatic amines is 1. The summed E-state index contributed by atoms with van der Waals surface area (Å²) in [6, 6.07) is 14.3. The largest absolute Gasteiger partial charge is 0.479 e. The van der Waals surface area contributed by atoms with Crippen molar-refractivity contribution in [3.05, 3.63) is 59.2 Å². The van der Waals surface area contributed by atoms with E-state index in [2.05, 4.69) is 27.4 Å². The van der Waals surface area contributed by atoms with Crippen molar-refractivity contribution in [2.75, 3.05) is 19.9 Å². The van der Waals surface area contributed by atoms with E-state index in [4.69, 9.17) is 25.8 Å². The van der Waals surface area contributed by atoms with Crippen molar-refractivity contribution in [1.29, 1.82) is 0 Å². The SMILES string of the molecule is O=C(NCC#CCOc1ccccc1Cl)c1cc(-c2ccc3c(c2)OCO3)n[nH]1. The lowest BCUT2D eigenvalue weighted by Crippen LogP contribution is -2.24. The summed E-state index contributed by atoms with van der Waals surface area (Å²) in [6.07, 6.45) is 0. The van der Waals surface area contributed by atoms with Crippen molar-refractivity contribution >= 4 is 17.5 Å². The highest BCUT2D eigenvalue weighted by atomic mass is 35.5. The first kappa shape index (κ1) is 18.7. The Bertz CT molecular complexity index is 1100. The molecule has 0 aliphatic carbocycles. The van der Waals surface area contributed by atoms with Gasteiger partial charge in [0.05, 0.1) is 17.3 Å². The van der Waals surface area contributed by atoms with Gasteiger partial charge < -0.3 is 19.5 Å². The van der Waals surface area contributed by atoms with E-state index >= 15 is 0 Å². The first-order valence-corrected chi connectivity index (χ1v) is 9.15. The van der Waals surface area contributed by atoms with E-state index in [1.807, 2.05) is 30.3 Å². The monoisotopic (exact) mass is 409 g/mol. The van der Waals surface area contributed by atoms with Gasteiger partial charge in [-0.3, -0.25) is 9.89 Å². The average Bonchev–Trinajstić information content (AvgIpc) is 3.40. The molecule has 1 aromatic heterocycles. The lowest BCUT2D eigenvalue weighted by molar-refractivity contribution is 0.0953. The molecule has 0 spiro atoms. The number of nitrogens with one attached hydrogen (secondary N) is 2. The van der Waals surface area contributed by atoms with Crippen LogP contribution in [0.15, 0.2) is 48.5 Å². The highest BCUT2D eigenvalue weighted by molar-refractivity contribution is 6.32. The molecule has 0 fully saturated rings. The second-order valence-electron chi connectivity index (χ2n) is 5.99. The number of nitrogens with zero attached hydrogens (tertiary/aromatic N) is 1. The molecule has 0 saturated carbocycles. The number of aromatic nitrogens is 2. The number of amides is 1. The van der Waals surface area contributed by atoms with E-state index in [1.165, 1.54) is 0 Å². The molecule has 3 aromatic rings. The van der Waals surface area contributed by atoms with Crippen molar-refractivity contribution in [1.82, 2.24) is 15.5 Å². The van der Waals surface area contributed by atoms with Gasteiger partial charge in [0.1, 0.15) is 18.1 Å². The molecule has 0 radical (unpaired) electrons. The highest BCUT2D eigenvalue weighted by Crippen LogP contribution is 2.35. The first-order chi connectivity index (χ1) is 14.2. The number of halogens is 1. The number of rotatable bonds is 5. The summed E-state index contributed by atoms with van der Waals surface area (Å²) in [6.45, 7) is 0.568. The van der Waals surface area contributed by atoms with Crippen LogP contribution in [-0.2, 0) is 0 Å². The molecule has 2 heterocycles.